The lowest BCUT2D eigenvalue weighted by atomic mass is 10.2. The van der Waals surface area contributed by atoms with E-state index >= 15 is 0 Å². The van der Waals surface area contributed by atoms with Crippen LogP contribution in [-0.4, -0.2) is 55.5 Å². The Morgan fingerprint density at radius 3 is 2.21 bits per heavy atom. The van der Waals surface area contributed by atoms with E-state index in [0.717, 1.165) is 44.0 Å². The number of hydrogen-bond donors (Lipinski definition) is 1. The van der Waals surface area contributed by atoms with Crippen LogP contribution in [0.15, 0.2) is 78.9 Å². The number of nitrogens with zero attached hydrogens (tertiary/aromatic N) is 3. The van der Waals surface area contributed by atoms with Gasteiger partial charge in [-0.3, -0.25) is 14.6 Å². The first-order valence-electron chi connectivity index (χ1n) is 11.4. The van der Waals surface area contributed by atoms with E-state index in [1.54, 1.807) is 12.1 Å². The molecular formula is C27H31FN4O. The molecule has 1 aliphatic rings. The lowest BCUT2D eigenvalue weighted by Gasteiger charge is -2.36. The summed E-state index contributed by atoms with van der Waals surface area (Å²) >= 11 is 0. The number of piperazine rings is 1. The SMILES string of the molecule is CN(CC(=O)Nc1ccc(N2CCN(Cc3ccccc3)CC2)cc1)Cc1ccc(F)cc1. The van der Waals surface area contributed by atoms with Gasteiger partial charge in [0.25, 0.3) is 0 Å². The van der Waals surface area contributed by atoms with Gasteiger partial charge in [-0.05, 0) is 54.6 Å². The number of rotatable bonds is 8. The molecule has 0 unspecified atom stereocenters. The maximum atomic E-state index is 13.0. The van der Waals surface area contributed by atoms with Gasteiger partial charge in [0.05, 0.1) is 6.54 Å². The highest BCUT2D eigenvalue weighted by molar-refractivity contribution is 5.92. The third kappa shape index (κ3) is 6.88. The smallest absolute Gasteiger partial charge is 0.238 e. The van der Waals surface area contributed by atoms with Gasteiger partial charge in [-0.2, -0.15) is 0 Å². The molecule has 0 spiro atoms. The zero-order valence-corrected chi connectivity index (χ0v) is 19.1. The van der Waals surface area contributed by atoms with E-state index < -0.39 is 0 Å². The topological polar surface area (TPSA) is 38.8 Å². The molecule has 5 nitrogen and oxygen atoms in total. The molecule has 3 aromatic rings. The molecule has 0 aliphatic carbocycles. The van der Waals surface area contributed by atoms with Crippen molar-refractivity contribution in [2.24, 2.45) is 0 Å². The van der Waals surface area contributed by atoms with E-state index in [2.05, 4.69) is 57.6 Å². The van der Waals surface area contributed by atoms with Crippen LogP contribution in [-0.2, 0) is 17.9 Å². The first kappa shape index (κ1) is 23.0. The normalized spacial score (nSPS) is 14.5. The molecule has 1 heterocycles. The summed E-state index contributed by atoms with van der Waals surface area (Å²) in [6.45, 7) is 5.90. The van der Waals surface area contributed by atoms with Crippen molar-refractivity contribution in [1.29, 1.82) is 0 Å². The molecule has 0 aromatic heterocycles. The van der Waals surface area contributed by atoms with Crippen LogP contribution in [0.2, 0.25) is 0 Å². The molecular weight excluding hydrogens is 415 g/mol. The molecule has 0 radical (unpaired) electrons. The summed E-state index contributed by atoms with van der Waals surface area (Å²) in [5, 5.41) is 2.96. The van der Waals surface area contributed by atoms with E-state index in [1.165, 1.54) is 23.4 Å². The van der Waals surface area contributed by atoms with Gasteiger partial charge >= 0.3 is 0 Å². The summed E-state index contributed by atoms with van der Waals surface area (Å²) in [5.74, 6) is -0.321. The molecule has 4 rings (SSSR count). The molecule has 0 atom stereocenters. The van der Waals surface area contributed by atoms with Crippen LogP contribution >= 0.6 is 0 Å². The molecule has 1 amide bonds. The van der Waals surface area contributed by atoms with Crippen molar-refractivity contribution >= 4 is 17.3 Å². The Bertz CT molecular complexity index is 1020. The van der Waals surface area contributed by atoms with Crippen molar-refractivity contribution in [1.82, 2.24) is 9.80 Å². The van der Waals surface area contributed by atoms with Crippen LogP contribution < -0.4 is 10.2 Å². The number of hydrogen-bond acceptors (Lipinski definition) is 4. The van der Waals surface area contributed by atoms with Crippen LogP contribution in [0.3, 0.4) is 0 Å². The third-order valence-corrected chi connectivity index (χ3v) is 5.92. The van der Waals surface area contributed by atoms with Crippen LogP contribution in [0, 0.1) is 5.82 Å². The van der Waals surface area contributed by atoms with Gasteiger partial charge in [0.2, 0.25) is 5.91 Å². The number of halogens is 1. The van der Waals surface area contributed by atoms with E-state index in [0.29, 0.717) is 6.54 Å². The summed E-state index contributed by atoms with van der Waals surface area (Å²) in [6, 6.07) is 25.0. The lowest BCUT2D eigenvalue weighted by Crippen LogP contribution is -2.45. The number of amides is 1. The average Bonchev–Trinajstić information content (AvgIpc) is 2.82. The predicted molar refractivity (Wildman–Crippen MR) is 132 cm³/mol. The molecule has 0 bridgehead atoms. The predicted octanol–water partition coefficient (Wildman–Crippen LogP) is 4.22. The Kier molecular flexibility index (Phi) is 7.70. The van der Waals surface area contributed by atoms with Gasteiger partial charge in [0.15, 0.2) is 0 Å². The fourth-order valence-corrected chi connectivity index (χ4v) is 4.16. The average molecular weight is 447 g/mol. The summed E-state index contributed by atoms with van der Waals surface area (Å²) in [7, 11) is 1.88. The van der Waals surface area contributed by atoms with Crippen molar-refractivity contribution in [3.63, 3.8) is 0 Å². The van der Waals surface area contributed by atoms with Crippen LogP contribution in [0.1, 0.15) is 11.1 Å². The minimum atomic E-state index is -0.253. The Labute approximate surface area is 195 Å². The fourth-order valence-electron chi connectivity index (χ4n) is 4.16. The van der Waals surface area contributed by atoms with Gasteiger partial charge in [0.1, 0.15) is 5.82 Å². The zero-order valence-electron chi connectivity index (χ0n) is 19.1. The minimum Gasteiger partial charge on any atom is -0.369 e. The second-order valence-electron chi connectivity index (χ2n) is 8.64. The van der Waals surface area contributed by atoms with Crippen LogP contribution in [0.5, 0.6) is 0 Å². The Balaban J connectivity index is 1.22. The van der Waals surface area contributed by atoms with Crippen molar-refractivity contribution in [2.45, 2.75) is 13.1 Å². The van der Waals surface area contributed by atoms with E-state index in [1.807, 2.05) is 24.1 Å². The minimum absolute atomic E-state index is 0.0677. The van der Waals surface area contributed by atoms with Crippen LogP contribution in [0.4, 0.5) is 15.8 Å². The highest BCUT2D eigenvalue weighted by Crippen LogP contribution is 2.20. The maximum Gasteiger partial charge on any atom is 0.238 e. The highest BCUT2D eigenvalue weighted by Gasteiger charge is 2.17. The summed E-state index contributed by atoms with van der Waals surface area (Å²) in [6.07, 6.45) is 0. The Hall–Kier alpha value is -3.22. The lowest BCUT2D eigenvalue weighted by molar-refractivity contribution is -0.117. The zero-order chi connectivity index (χ0) is 23.0. The number of benzene rings is 3. The van der Waals surface area contributed by atoms with Gasteiger partial charge in [-0.25, -0.2) is 4.39 Å². The molecule has 6 heteroatoms. The molecule has 0 saturated carbocycles. The number of likely N-dealkylation sites (N-methyl/N-ethyl adjacent to an activating group) is 1. The molecule has 172 valence electrons. The monoisotopic (exact) mass is 446 g/mol. The van der Waals surface area contributed by atoms with Gasteiger partial charge in [0, 0.05) is 50.6 Å². The van der Waals surface area contributed by atoms with Crippen molar-refractivity contribution < 1.29 is 9.18 Å². The second kappa shape index (κ2) is 11.1. The van der Waals surface area contributed by atoms with Crippen molar-refractivity contribution in [2.75, 3.05) is 50.0 Å². The number of anilines is 2. The summed E-state index contributed by atoms with van der Waals surface area (Å²) in [5.41, 5.74) is 4.30. The molecule has 33 heavy (non-hydrogen) atoms. The van der Waals surface area contributed by atoms with E-state index in [4.69, 9.17) is 0 Å². The maximum absolute atomic E-state index is 13.0. The number of carbonyl (C=O) groups is 1. The third-order valence-electron chi connectivity index (χ3n) is 5.92. The molecule has 1 aliphatic heterocycles. The Morgan fingerprint density at radius 1 is 0.879 bits per heavy atom. The fraction of sp³-hybridized carbons (Fsp3) is 0.296. The number of nitrogens with one attached hydrogen (secondary N) is 1. The highest BCUT2D eigenvalue weighted by atomic mass is 19.1. The van der Waals surface area contributed by atoms with Gasteiger partial charge in [-0.15, -0.1) is 0 Å². The molecule has 1 saturated heterocycles. The second-order valence-corrected chi connectivity index (χ2v) is 8.64. The van der Waals surface area contributed by atoms with E-state index in [-0.39, 0.29) is 18.3 Å². The molecule has 1 fully saturated rings. The first-order valence-corrected chi connectivity index (χ1v) is 11.4. The quantitative estimate of drug-likeness (QED) is 0.562. The van der Waals surface area contributed by atoms with Crippen LogP contribution in [0.25, 0.3) is 0 Å². The van der Waals surface area contributed by atoms with Gasteiger partial charge in [-0.1, -0.05) is 42.5 Å². The van der Waals surface area contributed by atoms with Gasteiger partial charge < -0.3 is 10.2 Å². The first-order chi connectivity index (χ1) is 16.0. The largest absolute Gasteiger partial charge is 0.369 e. The summed E-state index contributed by atoms with van der Waals surface area (Å²) in [4.78, 5) is 19.2. The van der Waals surface area contributed by atoms with Crippen molar-refractivity contribution in [3.05, 3.63) is 95.8 Å². The standard InChI is InChI=1S/C27H31FN4O/c1-30(19-23-7-9-24(28)10-8-23)21-27(33)29-25-11-13-26(14-12-25)32-17-15-31(16-18-32)20-22-5-3-2-4-6-22/h2-14H,15-21H2,1H3,(H,29,33). The van der Waals surface area contributed by atoms with E-state index in [9.17, 15) is 9.18 Å². The Morgan fingerprint density at radius 2 is 1.55 bits per heavy atom. The molecule has 3 aromatic carbocycles. The van der Waals surface area contributed by atoms with Crippen molar-refractivity contribution in [3.8, 4) is 0 Å². The molecule has 1 N–H and O–H groups in total. The number of carbonyl (C=O) groups excluding carboxylic acids is 1. The summed E-state index contributed by atoms with van der Waals surface area (Å²) < 4.78 is 13.0.